The van der Waals surface area contributed by atoms with Crippen molar-refractivity contribution in [1.82, 2.24) is 4.98 Å². The second-order valence-corrected chi connectivity index (χ2v) is 6.74. The Hall–Kier alpha value is -2.73. The molecule has 1 N–H and O–H groups in total. The Morgan fingerprint density at radius 1 is 1.16 bits per heavy atom. The molecular weight excluding hydrogens is 339 g/mol. The Kier molecular flexibility index (Phi) is 5.09. The minimum absolute atomic E-state index is 0.0879. The number of amides is 1. The number of hydrogen-bond donors (Lipinski definition) is 1. The Balaban J connectivity index is 1.65. The third kappa shape index (κ3) is 4.22. The molecule has 128 valence electrons. The third-order valence-electron chi connectivity index (χ3n) is 3.61. The molecule has 0 radical (unpaired) electrons. The molecule has 0 saturated carbocycles. The molecule has 0 aliphatic carbocycles. The minimum Gasteiger partial charge on any atom is -0.483 e. The van der Waals surface area contributed by atoms with Gasteiger partial charge >= 0.3 is 0 Å². The number of rotatable bonds is 5. The molecule has 3 aromatic rings. The fourth-order valence-corrected chi connectivity index (χ4v) is 3.19. The number of benzene rings is 2. The zero-order valence-electron chi connectivity index (χ0n) is 13.9. The van der Waals surface area contributed by atoms with Crippen LogP contribution in [-0.4, -0.2) is 17.5 Å². The van der Waals surface area contributed by atoms with Gasteiger partial charge in [-0.1, -0.05) is 18.2 Å². The van der Waals surface area contributed by atoms with E-state index < -0.39 is 0 Å². The first-order valence-electron chi connectivity index (χ1n) is 7.74. The summed E-state index contributed by atoms with van der Waals surface area (Å²) in [5.41, 5.74) is 2.52. The standard InChI is InChI=1S/C19H17FN2O2S/c1-12-5-3-4-6-16(12)24-11-17(23)21-19-22-18(13(2)25-19)14-7-9-15(20)10-8-14/h3-10H,11H2,1-2H3,(H,21,22,23). The van der Waals surface area contributed by atoms with Crippen LogP contribution in [0.25, 0.3) is 11.3 Å². The van der Waals surface area contributed by atoms with E-state index in [1.165, 1.54) is 23.5 Å². The van der Waals surface area contributed by atoms with Crippen LogP contribution >= 0.6 is 11.3 Å². The van der Waals surface area contributed by atoms with E-state index in [1.807, 2.05) is 38.1 Å². The summed E-state index contributed by atoms with van der Waals surface area (Å²) in [5.74, 6) is 0.112. The van der Waals surface area contributed by atoms with Crippen molar-refractivity contribution in [2.75, 3.05) is 11.9 Å². The molecule has 6 heteroatoms. The topological polar surface area (TPSA) is 51.2 Å². The van der Waals surface area contributed by atoms with E-state index in [4.69, 9.17) is 4.74 Å². The second kappa shape index (κ2) is 7.44. The molecular formula is C19H17FN2O2S. The Morgan fingerprint density at radius 3 is 2.60 bits per heavy atom. The summed E-state index contributed by atoms with van der Waals surface area (Å²) in [5, 5.41) is 3.24. The van der Waals surface area contributed by atoms with Crippen molar-refractivity contribution in [2.45, 2.75) is 13.8 Å². The van der Waals surface area contributed by atoms with Gasteiger partial charge in [-0.05, 0) is 49.7 Å². The van der Waals surface area contributed by atoms with Crippen LogP contribution < -0.4 is 10.1 Å². The zero-order valence-corrected chi connectivity index (χ0v) is 14.7. The van der Waals surface area contributed by atoms with Gasteiger partial charge < -0.3 is 4.74 Å². The quantitative estimate of drug-likeness (QED) is 0.728. The summed E-state index contributed by atoms with van der Waals surface area (Å²) in [6, 6.07) is 13.6. The first-order valence-corrected chi connectivity index (χ1v) is 8.56. The Labute approximate surface area is 149 Å². The normalized spacial score (nSPS) is 10.5. The molecule has 3 rings (SSSR count). The molecule has 0 fully saturated rings. The number of aromatic nitrogens is 1. The minimum atomic E-state index is -0.293. The van der Waals surface area contributed by atoms with Crippen molar-refractivity contribution >= 4 is 22.4 Å². The highest BCUT2D eigenvalue weighted by Crippen LogP contribution is 2.30. The first kappa shape index (κ1) is 17.1. The van der Waals surface area contributed by atoms with Gasteiger partial charge in [-0.2, -0.15) is 0 Å². The van der Waals surface area contributed by atoms with Crippen molar-refractivity contribution in [3.05, 3.63) is 64.8 Å². The summed E-state index contributed by atoms with van der Waals surface area (Å²) in [6.45, 7) is 3.75. The van der Waals surface area contributed by atoms with Crippen molar-refractivity contribution in [2.24, 2.45) is 0 Å². The maximum atomic E-state index is 13.0. The summed E-state index contributed by atoms with van der Waals surface area (Å²) in [6.07, 6.45) is 0. The molecule has 25 heavy (non-hydrogen) atoms. The highest BCUT2D eigenvalue weighted by atomic mass is 32.1. The SMILES string of the molecule is Cc1ccccc1OCC(=O)Nc1nc(-c2ccc(F)cc2)c(C)s1. The maximum absolute atomic E-state index is 13.0. The molecule has 2 aromatic carbocycles. The number of nitrogens with zero attached hydrogens (tertiary/aromatic N) is 1. The number of carbonyl (C=O) groups is 1. The van der Waals surface area contributed by atoms with Gasteiger partial charge in [0.1, 0.15) is 11.6 Å². The molecule has 0 atom stereocenters. The lowest BCUT2D eigenvalue weighted by Crippen LogP contribution is -2.20. The molecule has 0 bridgehead atoms. The number of carbonyl (C=O) groups excluding carboxylic acids is 1. The van der Waals surface area contributed by atoms with Gasteiger partial charge in [-0.3, -0.25) is 10.1 Å². The number of nitrogens with one attached hydrogen (secondary N) is 1. The molecule has 0 unspecified atom stereocenters. The molecule has 0 spiro atoms. The maximum Gasteiger partial charge on any atom is 0.264 e. The second-order valence-electron chi connectivity index (χ2n) is 5.53. The number of thiazole rings is 1. The third-order valence-corrected chi connectivity index (χ3v) is 4.50. The predicted octanol–water partition coefficient (Wildman–Crippen LogP) is 4.58. The number of ether oxygens (including phenoxy) is 1. The Morgan fingerprint density at radius 2 is 1.88 bits per heavy atom. The molecule has 1 heterocycles. The van der Waals surface area contributed by atoms with Crippen molar-refractivity contribution in [3.8, 4) is 17.0 Å². The van der Waals surface area contributed by atoms with Crippen LogP contribution in [-0.2, 0) is 4.79 Å². The number of anilines is 1. The van der Waals surface area contributed by atoms with Crippen molar-refractivity contribution < 1.29 is 13.9 Å². The van der Waals surface area contributed by atoms with Gasteiger partial charge in [0.05, 0.1) is 5.69 Å². The van der Waals surface area contributed by atoms with Crippen molar-refractivity contribution in [3.63, 3.8) is 0 Å². The van der Waals surface area contributed by atoms with E-state index in [-0.39, 0.29) is 18.3 Å². The lowest BCUT2D eigenvalue weighted by atomic mass is 10.1. The number of para-hydroxylation sites is 1. The van der Waals surface area contributed by atoms with Crippen molar-refractivity contribution in [1.29, 1.82) is 0 Å². The van der Waals surface area contributed by atoms with Crippen LogP contribution in [0.3, 0.4) is 0 Å². The number of aryl methyl sites for hydroxylation is 2. The van der Waals surface area contributed by atoms with Crippen LogP contribution in [0.1, 0.15) is 10.4 Å². The highest BCUT2D eigenvalue weighted by Gasteiger charge is 2.13. The van der Waals surface area contributed by atoms with Gasteiger partial charge in [0.15, 0.2) is 11.7 Å². The van der Waals surface area contributed by atoms with E-state index in [0.29, 0.717) is 10.9 Å². The van der Waals surface area contributed by atoms with Gasteiger partial charge in [0.2, 0.25) is 0 Å². The van der Waals surface area contributed by atoms with Crippen LogP contribution in [0.4, 0.5) is 9.52 Å². The summed E-state index contributed by atoms with van der Waals surface area (Å²) in [7, 11) is 0. The monoisotopic (exact) mass is 356 g/mol. The van der Waals surface area contributed by atoms with Gasteiger partial charge in [-0.15, -0.1) is 11.3 Å². The van der Waals surface area contributed by atoms with E-state index in [1.54, 1.807) is 12.1 Å². The number of halogens is 1. The summed E-state index contributed by atoms with van der Waals surface area (Å²) in [4.78, 5) is 17.5. The average molecular weight is 356 g/mol. The molecule has 1 aromatic heterocycles. The summed E-state index contributed by atoms with van der Waals surface area (Å²) < 4.78 is 18.6. The van der Waals surface area contributed by atoms with E-state index >= 15 is 0 Å². The molecule has 1 amide bonds. The predicted molar refractivity (Wildman–Crippen MR) is 97.5 cm³/mol. The van der Waals surface area contributed by atoms with Crippen LogP contribution in [0, 0.1) is 19.7 Å². The largest absolute Gasteiger partial charge is 0.483 e. The first-order chi connectivity index (χ1) is 12.0. The van der Waals surface area contributed by atoms with E-state index in [9.17, 15) is 9.18 Å². The lowest BCUT2D eigenvalue weighted by molar-refractivity contribution is -0.118. The van der Waals surface area contributed by atoms with Gasteiger partial charge in [-0.25, -0.2) is 9.37 Å². The van der Waals surface area contributed by atoms with Gasteiger partial charge in [0, 0.05) is 10.4 Å². The summed E-state index contributed by atoms with van der Waals surface area (Å²) >= 11 is 1.37. The van der Waals surface area contributed by atoms with Crippen LogP contribution in [0.15, 0.2) is 48.5 Å². The Bertz CT molecular complexity index is 891. The fraction of sp³-hybridized carbons (Fsp3) is 0.158. The lowest BCUT2D eigenvalue weighted by Gasteiger charge is -2.08. The molecule has 0 aliphatic heterocycles. The van der Waals surface area contributed by atoms with Gasteiger partial charge in [0.25, 0.3) is 5.91 Å². The van der Waals surface area contributed by atoms with E-state index in [0.717, 1.165) is 21.7 Å². The number of hydrogen-bond acceptors (Lipinski definition) is 4. The highest BCUT2D eigenvalue weighted by molar-refractivity contribution is 7.16. The van der Waals surface area contributed by atoms with Crippen LogP contribution in [0.2, 0.25) is 0 Å². The fourth-order valence-electron chi connectivity index (χ4n) is 2.34. The van der Waals surface area contributed by atoms with Crippen LogP contribution in [0.5, 0.6) is 5.75 Å². The van der Waals surface area contributed by atoms with E-state index in [2.05, 4.69) is 10.3 Å². The average Bonchev–Trinajstić information content (AvgIpc) is 2.95. The smallest absolute Gasteiger partial charge is 0.264 e. The molecule has 4 nitrogen and oxygen atoms in total. The molecule has 0 aliphatic rings. The zero-order chi connectivity index (χ0) is 17.8. The molecule has 0 saturated heterocycles.